The lowest BCUT2D eigenvalue weighted by Crippen LogP contribution is -2.18. The summed E-state index contributed by atoms with van der Waals surface area (Å²) in [6, 6.07) is 8.82. The number of carbonyl (C=O) groups is 2. The van der Waals surface area contributed by atoms with Gasteiger partial charge in [-0.2, -0.15) is 18.3 Å². The summed E-state index contributed by atoms with van der Waals surface area (Å²) in [5, 5.41) is 3.73. The van der Waals surface area contributed by atoms with Crippen LogP contribution in [0.25, 0.3) is 0 Å². The number of carbonyl (C=O) groups excluding carboxylic acids is 2. The van der Waals surface area contributed by atoms with E-state index in [1.807, 2.05) is 0 Å². The van der Waals surface area contributed by atoms with E-state index in [0.29, 0.717) is 15.8 Å². The molecule has 0 bridgehead atoms. The zero-order valence-electron chi connectivity index (χ0n) is 14.4. The van der Waals surface area contributed by atoms with Crippen LogP contribution in [0.15, 0.2) is 52.0 Å². The summed E-state index contributed by atoms with van der Waals surface area (Å²) in [6.45, 7) is -0.254. The predicted molar refractivity (Wildman–Crippen MR) is 98.2 cm³/mol. The number of alkyl halides is 3. The third kappa shape index (κ3) is 6.08. The van der Waals surface area contributed by atoms with Crippen molar-refractivity contribution in [2.45, 2.75) is 6.18 Å². The fraction of sp³-hybridized carbons (Fsp3) is 0.167. The Balaban J connectivity index is 2.00. The monoisotopic (exact) mass is 458 g/mol. The number of nitrogens with zero attached hydrogens (tertiary/aromatic N) is 1. The van der Waals surface area contributed by atoms with Gasteiger partial charge in [-0.25, -0.2) is 10.2 Å². The number of hydrogen-bond donors (Lipinski definition) is 1. The van der Waals surface area contributed by atoms with E-state index < -0.39 is 23.6 Å². The van der Waals surface area contributed by atoms with Crippen molar-refractivity contribution in [1.29, 1.82) is 0 Å². The molecule has 0 aliphatic rings. The quantitative estimate of drug-likeness (QED) is 0.405. The first-order chi connectivity index (χ1) is 13.2. The van der Waals surface area contributed by atoms with E-state index in [1.165, 1.54) is 19.4 Å². The standard InChI is InChI=1S/C18H14BrF3N2O4/c1-27-16(25)10-28-15-6-5-11(7-14(15)19)9-23-24-17(26)12-3-2-4-13(8-12)18(20,21)22/h2-9H,10H2,1H3,(H,24,26)/b23-9-. The van der Waals surface area contributed by atoms with Crippen molar-refractivity contribution in [3.8, 4) is 5.75 Å². The van der Waals surface area contributed by atoms with Crippen LogP contribution in [0.1, 0.15) is 21.5 Å². The minimum absolute atomic E-state index is 0.167. The van der Waals surface area contributed by atoms with Crippen LogP contribution in [0.3, 0.4) is 0 Å². The van der Waals surface area contributed by atoms with Gasteiger partial charge in [0.1, 0.15) is 5.75 Å². The molecule has 2 aromatic rings. The second-order valence-electron chi connectivity index (χ2n) is 5.33. The Morgan fingerprint density at radius 1 is 1.21 bits per heavy atom. The molecule has 0 aliphatic carbocycles. The van der Waals surface area contributed by atoms with Crippen LogP contribution in [-0.4, -0.2) is 31.8 Å². The number of hydrazone groups is 1. The summed E-state index contributed by atoms with van der Waals surface area (Å²) in [6.07, 6.45) is -3.23. The maximum atomic E-state index is 12.7. The summed E-state index contributed by atoms with van der Waals surface area (Å²) >= 11 is 3.27. The Bertz CT molecular complexity index is 901. The molecule has 0 heterocycles. The number of amides is 1. The molecule has 10 heteroatoms. The van der Waals surface area contributed by atoms with Crippen LogP contribution in [-0.2, 0) is 15.7 Å². The second-order valence-corrected chi connectivity index (χ2v) is 6.19. The van der Waals surface area contributed by atoms with E-state index in [-0.39, 0.29) is 12.2 Å². The first-order valence-corrected chi connectivity index (χ1v) is 8.50. The molecule has 0 unspecified atom stereocenters. The number of methoxy groups -OCH3 is 1. The molecule has 0 aliphatic heterocycles. The minimum Gasteiger partial charge on any atom is -0.481 e. The van der Waals surface area contributed by atoms with Gasteiger partial charge < -0.3 is 9.47 Å². The molecule has 0 saturated heterocycles. The molecule has 6 nitrogen and oxygen atoms in total. The summed E-state index contributed by atoms with van der Waals surface area (Å²) in [5.41, 5.74) is 1.65. The van der Waals surface area contributed by atoms with Crippen molar-refractivity contribution in [3.05, 3.63) is 63.6 Å². The van der Waals surface area contributed by atoms with E-state index in [2.05, 4.69) is 31.2 Å². The second kappa shape index (κ2) is 9.36. The number of esters is 1. The van der Waals surface area contributed by atoms with Gasteiger partial charge in [-0.05, 0) is 57.9 Å². The Labute approximate surface area is 166 Å². The fourth-order valence-electron chi connectivity index (χ4n) is 1.98. The molecule has 2 aromatic carbocycles. The van der Waals surface area contributed by atoms with Crippen molar-refractivity contribution < 1.29 is 32.2 Å². The largest absolute Gasteiger partial charge is 0.481 e. The maximum absolute atomic E-state index is 12.7. The molecule has 28 heavy (non-hydrogen) atoms. The van der Waals surface area contributed by atoms with E-state index in [0.717, 1.165) is 18.2 Å². The molecule has 0 atom stereocenters. The van der Waals surface area contributed by atoms with Gasteiger partial charge in [-0.15, -0.1) is 0 Å². The van der Waals surface area contributed by atoms with Crippen molar-refractivity contribution >= 4 is 34.0 Å². The third-order valence-corrected chi connectivity index (χ3v) is 3.98. The molecule has 2 rings (SSSR count). The number of hydrogen-bond acceptors (Lipinski definition) is 5. The number of nitrogens with one attached hydrogen (secondary N) is 1. The summed E-state index contributed by atoms with van der Waals surface area (Å²) in [4.78, 5) is 23.0. The number of rotatable bonds is 6. The highest BCUT2D eigenvalue weighted by Gasteiger charge is 2.30. The predicted octanol–water partition coefficient (Wildman–Crippen LogP) is 3.78. The molecule has 0 aromatic heterocycles. The first kappa shape index (κ1) is 21.4. The highest BCUT2D eigenvalue weighted by Crippen LogP contribution is 2.29. The van der Waals surface area contributed by atoms with Gasteiger partial charge in [-0.1, -0.05) is 6.07 Å². The van der Waals surface area contributed by atoms with E-state index in [4.69, 9.17) is 4.74 Å². The van der Waals surface area contributed by atoms with Gasteiger partial charge in [0, 0.05) is 5.56 Å². The van der Waals surface area contributed by atoms with Crippen LogP contribution in [0, 0.1) is 0 Å². The van der Waals surface area contributed by atoms with Crippen molar-refractivity contribution in [2.24, 2.45) is 5.10 Å². The fourth-order valence-corrected chi connectivity index (χ4v) is 2.49. The van der Waals surface area contributed by atoms with Crippen LogP contribution >= 0.6 is 15.9 Å². The van der Waals surface area contributed by atoms with Gasteiger partial charge >= 0.3 is 12.1 Å². The Morgan fingerprint density at radius 2 is 1.96 bits per heavy atom. The average molecular weight is 459 g/mol. The third-order valence-electron chi connectivity index (χ3n) is 3.36. The normalized spacial score (nSPS) is 11.3. The Morgan fingerprint density at radius 3 is 2.61 bits per heavy atom. The minimum atomic E-state index is -4.54. The molecular formula is C18H14BrF3N2O4. The molecular weight excluding hydrogens is 445 g/mol. The molecule has 0 radical (unpaired) electrons. The molecule has 0 fully saturated rings. The molecule has 0 spiro atoms. The van der Waals surface area contributed by atoms with E-state index in [1.54, 1.807) is 18.2 Å². The first-order valence-electron chi connectivity index (χ1n) is 7.70. The zero-order chi connectivity index (χ0) is 20.7. The highest BCUT2D eigenvalue weighted by atomic mass is 79.9. The van der Waals surface area contributed by atoms with Gasteiger partial charge in [0.25, 0.3) is 5.91 Å². The maximum Gasteiger partial charge on any atom is 0.416 e. The lowest BCUT2D eigenvalue weighted by atomic mass is 10.1. The number of ether oxygens (including phenoxy) is 2. The lowest BCUT2D eigenvalue weighted by Gasteiger charge is -2.08. The lowest BCUT2D eigenvalue weighted by molar-refractivity contribution is -0.143. The number of benzene rings is 2. The summed E-state index contributed by atoms with van der Waals surface area (Å²) in [7, 11) is 1.24. The van der Waals surface area contributed by atoms with E-state index in [9.17, 15) is 22.8 Å². The molecule has 1 N–H and O–H groups in total. The van der Waals surface area contributed by atoms with Crippen LogP contribution in [0.4, 0.5) is 13.2 Å². The van der Waals surface area contributed by atoms with Crippen LogP contribution < -0.4 is 10.2 Å². The topological polar surface area (TPSA) is 77.0 Å². The summed E-state index contributed by atoms with van der Waals surface area (Å²) < 4.78 is 48.3. The van der Waals surface area contributed by atoms with Gasteiger partial charge in [0.05, 0.1) is 23.4 Å². The Hall–Kier alpha value is -2.88. The molecule has 1 amide bonds. The van der Waals surface area contributed by atoms with Gasteiger partial charge in [0.15, 0.2) is 6.61 Å². The van der Waals surface area contributed by atoms with Gasteiger partial charge in [-0.3, -0.25) is 4.79 Å². The van der Waals surface area contributed by atoms with Crippen LogP contribution in [0.2, 0.25) is 0 Å². The van der Waals surface area contributed by atoms with Gasteiger partial charge in [0.2, 0.25) is 0 Å². The average Bonchev–Trinajstić information content (AvgIpc) is 2.66. The summed E-state index contributed by atoms with van der Waals surface area (Å²) in [5.74, 6) is -0.912. The van der Waals surface area contributed by atoms with Crippen molar-refractivity contribution in [1.82, 2.24) is 5.43 Å². The zero-order valence-corrected chi connectivity index (χ0v) is 16.0. The van der Waals surface area contributed by atoms with Crippen LogP contribution in [0.5, 0.6) is 5.75 Å². The molecule has 0 saturated carbocycles. The van der Waals surface area contributed by atoms with Crippen molar-refractivity contribution in [3.63, 3.8) is 0 Å². The Kier molecular flexibility index (Phi) is 7.16. The van der Waals surface area contributed by atoms with E-state index >= 15 is 0 Å². The van der Waals surface area contributed by atoms with Crippen molar-refractivity contribution in [2.75, 3.05) is 13.7 Å². The molecule has 148 valence electrons. The smallest absolute Gasteiger partial charge is 0.416 e. The number of halogens is 4. The highest BCUT2D eigenvalue weighted by molar-refractivity contribution is 9.10. The SMILES string of the molecule is COC(=O)COc1ccc(/C=N\NC(=O)c2cccc(C(F)(F)F)c2)cc1Br.